The number of rotatable bonds is 7. The summed E-state index contributed by atoms with van der Waals surface area (Å²) in [4.78, 5) is 14.5. The molecule has 0 unspecified atom stereocenters. The van der Waals surface area contributed by atoms with Gasteiger partial charge in [-0.15, -0.1) is 0 Å². The van der Waals surface area contributed by atoms with E-state index in [1.165, 1.54) is 36.6 Å². The van der Waals surface area contributed by atoms with Crippen LogP contribution in [0.5, 0.6) is 0 Å². The molecule has 126 valence electrons. The molecule has 0 aromatic heterocycles. The zero-order valence-corrected chi connectivity index (χ0v) is 13.5. The maximum absolute atomic E-state index is 13.7. The number of nitrogens with two attached hydrogens (primary N) is 1. The first-order valence-corrected chi connectivity index (χ1v) is 8.24. The van der Waals surface area contributed by atoms with Gasteiger partial charge in [0.15, 0.2) is 0 Å². The number of amides is 1. The Hall–Kier alpha value is -2.40. The highest BCUT2D eigenvalue weighted by Gasteiger charge is 2.29. The molecule has 2 aromatic carbocycles. The second-order valence-corrected chi connectivity index (χ2v) is 6.22. The Morgan fingerprint density at radius 3 is 2.67 bits per heavy atom. The van der Waals surface area contributed by atoms with Crippen LogP contribution in [-0.4, -0.2) is 23.4 Å². The molecule has 0 heterocycles. The number of hydrogen-bond acceptors (Lipinski definition) is 3. The number of nitrogens with one attached hydrogen (secondary N) is 1. The highest BCUT2D eigenvalue weighted by molar-refractivity contribution is 5.91. The molecule has 2 aromatic rings. The van der Waals surface area contributed by atoms with Crippen LogP contribution < -0.4 is 11.1 Å². The highest BCUT2D eigenvalue weighted by atomic mass is 19.1. The molecule has 0 saturated heterocycles. The Kier molecular flexibility index (Phi) is 5.11. The third kappa shape index (κ3) is 4.55. The first-order valence-electron chi connectivity index (χ1n) is 8.24. The van der Waals surface area contributed by atoms with Gasteiger partial charge in [0.05, 0.1) is 5.69 Å². The summed E-state index contributed by atoms with van der Waals surface area (Å²) in [6, 6.07) is 15.0. The average Bonchev–Trinajstić information content (AvgIpc) is 3.41. The maximum atomic E-state index is 13.7. The molecule has 3 N–H and O–H groups in total. The lowest BCUT2D eigenvalue weighted by molar-refractivity contribution is -0.116. The van der Waals surface area contributed by atoms with Gasteiger partial charge < -0.3 is 11.1 Å². The molecule has 1 amide bonds. The van der Waals surface area contributed by atoms with E-state index in [0.29, 0.717) is 24.7 Å². The number of benzene rings is 2. The summed E-state index contributed by atoms with van der Waals surface area (Å²) in [6.45, 7) is 1.50. The van der Waals surface area contributed by atoms with E-state index in [0.717, 1.165) is 6.54 Å². The van der Waals surface area contributed by atoms with Crippen LogP contribution in [-0.2, 0) is 11.3 Å². The number of carbonyl (C=O) groups excluding carboxylic acids is 1. The van der Waals surface area contributed by atoms with Crippen LogP contribution in [0.25, 0.3) is 0 Å². The van der Waals surface area contributed by atoms with Crippen molar-refractivity contribution in [2.45, 2.75) is 31.8 Å². The molecule has 0 bridgehead atoms. The van der Waals surface area contributed by atoms with Crippen LogP contribution in [0, 0.1) is 5.82 Å². The van der Waals surface area contributed by atoms with Crippen LogP contribution in [0.2, 0.25) is 0 Å². The lowest BCUT2D eigenvalue weighted by Gasteiger charge is -2.21. The van der Waals surface area contributed by atoms with Crippen molar-refractivity contribution in [3.05, 3.63) is 59.9 Å². The van der Waals surface area contributed by atoms with Gasteiger partial charge in [-0.2, -0.15) is 0 Å². The number of hydrogen-bond donors (Lipinski definition) is 2. The molecule has 0 spiro atoms. The molecule has 1 aliphatic rings. The summed E-state index contributed by atoms with van der Waals surface area (Å²) in [5.74, 6) is -0.668. The topological polar surface area (TPSA) is 58.4 Å². The number of anilines is 2. The van der Waals surface area contributed by atoms with Crippen molar-refractivity contribution in [2.75, 3.05) is 17.6 Å². The van der Waals surface area contributed by atoms with E-state index in [2.05, 4.69) is 22.3 Å². The predicted molar refractivity (Wildman–Crippen MR) is 93.9 cm³/mol. The SMILES string of the molecule is Nc1ccc(F)c(NC(=O)CCN(Cc2ccccc2)C2CC2)c1. The van der Waals surface area contributed by atoms with E-state index in [-0.39, 0.29) is 11.6 Å². The zero-order valence-electron chi connectivity index (χ0n) is 13.5. The second-order valence-electron chi connectivity index (χ2n) is 6.22. The molecular formula is C19H22FN3O. The summed E-state index contributed by atoms with van der Waals surface area (Å²) in [7, 11) is 0. The Labute approximate surface area is 141 Å². The largest absolute Gasteiger partial charge is 0.399 e. The van der Waals surface area contributed by atoms with Crippen LogP contribution in [0.1, 0.15) is 24.8 Å². The highest BCUT2D eigenvalue weighted by Crippen LogP contribution is 2.28. The third-order valence-electron chi connectivity index (χ3n) is 4.18. The van der Waals surface area contributed by atoms with Crippen LogP contribution in [0.15, 0.2) is 48.5 Å². The molecule has 1 aliphatic carbocycles. The fourth-order valence-electron chi connectivity index (χ4n) is 2.74. The standard InChI is InChI=1S/C19H22FN3O/c20-17-9-6-15(21)12-18(17)22-19(24)10-11-23(16-7-8-16)13-14-4-2-1-3-5-14/h1-6,9,12,16H,7-8,10-11,13,21H2,(H,22,24). The summed E-state index contributed by atoms with van der Waals surface area (Å²) in [5, 5.41) is 2.61. The first-order chi connectivity index (χ1) is 11.6. The van der Waals surface area contributed by atoms with Crippen molar-refractivity contribution in [2.24, 2.45) is 0 Å². The minimum atomic E-state index is -0.471. The van der Waals surface area contributed by atoms with E-state index >= 15 is 0 Å². The van der Waals surface area contributed by atoms with Gasteiger partial charge in [0, 0.05) is 31.2 Å². The van der Waals surface area contributed by atoms with Gasteiger partial charge in [-0.25, -0.2) is 4.39 Å². The summed E-state index contributed by atoms with van der Waals surface area (Å²) in [5.41, 5.74) is 7.44. The van der Waals surface area contributed by atoms with Crippen molar-refractivity contribution < 1.29 is 9.18 Å². The van der Waals surface area contributed by atoms with Gasteiger partial charge >= 0.3 is 0 Å². The minimum Gasteiger partial charge on any atom is -0.399 e. The van der Waals surface area contributed by atoms with Crippen molar-refractivity contribution in [3.63, 3.8) is 0 Å². The molecule has 0 radical (unpaired) electrons. The molecule has 0 aliphatic heterocycles. The smallest absolute Gasteiger partial charge is 0.225 e. The molecular weight excluding hydrogens is 305 g/mol. The molecule has 24 heavy (non-hydrogen) atoms. The summed E-state index contributed by atoms with van der Waals surface area (Å²) < 4.78 is 13.7. The lowest BCUT2D eigenvalue weighted by Crippen LogP contribution is -2.29. The minimum absolute atomic E-state index is 0.140. The molecule has 0 atom stereocenters. The zero-order chi connectivity index (χ0) is 16.9. The van der Waals surface area contributed by atoms with Crippen molar-refractivity contribution in [1.29, 1.82) is 0 Å². The first kappa shape index (κ1) is 16.5. The maximum Gasteiger partial charge on any atom is 0.225 e. The Balaban J connectivity index is 1.54. The quantitative estimate of drug-likeness (QED) is 0.766. The van der Waals surface area contributed by atoms with Crippen LogP contribution >= 0.6 is 0 Å². The van der Waals surface area contributed by atoms with Gasteiger partial charge in [0.2, 0.25) is 5.91 Å². The summed E-state index contributed by atoms with van der Waals surface area (Å²) in [6.07, 6.45) is 2.69. The third-order valence-corrected chi connectivity index (χ3v) is 4.18. The van der Waals surface area contributed by atoms with Gasteiger partial charge in [0.25, 0.3) is 0 Å². The molecule has 4 nitrogen and oxygen atoms in total. The van der Waals surface area contributed by atoms with Crippen LogP contribution in [0.4, 0.5) is 15.8 Å². The van der Waals surface area contributed by atoms with E-state index in [1.807, 2.05) is 18.2 Å². The Morgan fingerprint density at radius 2 is 1.96 bits per heavy atom. The number of nitrogens with zero attached hydrogens (tertiary/aromatic N) is 1. The predicted octanol–water partition coefficient (Wildman–Crippen LogP) is 3.40. The molecule has 1 fully saturated rings. The van der Waals surface area contributed by atoms with Gasteiger partial charge in [-0.05, 0) is 36.6 Å². The van der Waals surface area contributed by atoms with E-state index < -0.39 is 5.82 Å². The number of halogens is 1. The monoisotopic (exact) mass is 327 g/mol. The van der Waals surface area contributed by atoms with Gasteiger partial charge in [0.1, 0.15) is 5.82 Å². The second kappa shape index (κ2) is 7.45. The van der Waals surface area contributed by atoms with E-state index in [9.17, 15) is 9.18 Å². The lowest BCUT2D eigenvalue weighted by atomic mass is 10.2. The van der Waals surface area contributed by atoms with Crippen LogP contribution in [0.3, 0.4) is 0 Å². The number of nitrogen functional groups attached to an aromatic ring is 1. The van der Waals surface area contributed by atoms with Crippen molar-refractivity contribution >= 4 is 17.3 Å². The van der Waals surface area contributed by atoms with Crippen molar-refractivity contribution in [3.8, 4) is 0 Å². The Morgan fingerprint density at radius 1 is 1.21 bits per heavy atom. The molecule has 1 saturated carbocycles. The van der Waals surface area contributed by atoms with E-state index in [4.69, 9.17) is 5.73 Å². The average molecular weight is 327 g/mol. The molecule has 5 heteroatoms. The van der Waals surface area contributed by atoms with E-state index in [1.54, 1.807) is 0 Å². The fourth-order valence-corrected chi connectivity index (χ4v) is 2.74. The molecule has 3 rings (SSSR count). The number of carbonyl (C=O) groups is 1. The Bertz CT molecular complexity index is 701. The van der Waals surface area contributed by atoms with Crippen molar-refractivity contribution in [1.82, 2.24) is 4.90 Å². The van der Waals surface area contributed by atoms with Gasteiger partial charge in [-0.3, -0.25) is 9.69 Å². The summed E-state index contributed by atoms with van der Waals surface area (Å²) >= 11 is 0. The van der Waals surface area contributed by atoms with Gasteiger partial charge in [-0.1, -0.05) is 30.3 Å². The fraction of sp³-hybridized carbons (Fsp3) is 0.316. The normalized spacial score (nSPS) is 13.9.